The summed E-state index contributed by atoms with van der Waals surface area (Å²) >= 11 is 0. The van der Waals surface area contributed by atoms with Crippen LogP contribution in [0.1, 0.15) is 50.1 Å². The minimum Gasteiger partial charge on any atom is -0.463 e. The number of hydrogen-bond donors (Lipinski definition) is 1. The highest BCUT2D eigenvalue weighted by atomic mass is 16.6. The Morgan fingerprint density at radius 2 is 1.59 bits per heavy atom. The molecule has 0 spiro atoms. The van der Waals surface area contributed by atoms with Gasteiger partial charge in [0.2, 0.25) is 11.7 Å². The SMILES string of the molecule is COC(=O)c1ccc([C@H](NC(C)=O)[C@H](OC(C)=O)[C@@H](COC(C)=O)OC(C)=O)o1. The van der Waals surface area contributed by atoms with Crippen molar-refractivity contribution in [3.8, 4) is 0 Å². The van der Waals surface area contributed by atoms with Crippen molar-refractivity contribution < 1.29 is 47.3 Å². The zero-order chi connectivity index (χ0) is 22.1. The number of furan rings is 1. The molecule has 0 aliphatic rings. The summed E-state index contributed by atoms with van der Waals surface area (Å²) in [7, 11) is 1.16. The van der Waals surface area contributed by atoms with Crippen LogP contribution in [0.15, 0.2) is 16.5 Å². The number of amides is 1. The molecule has 1 heterocycles. The molecule has 1 amide bonds. The molecule has 160 valence electrons. The molecule has 1 aromatic rings. The monoisotopic (exact) mass is 413 g/mol. The molecule has 0 bridgehead atoms. The third-order valence-corrected chi connectivity index (χ3v) is 3.44. The van der Waals surface area contributed by atoms with Gasteiger partial charge in [-0.3, -0.25) is 19.2 Å². The molecule has 0 saturated heterocycles. The Hall–Kier alpha value is -3.37. The van der Waals surface area contributed by atoms with Crippen LogP contribution in [0, 0.1) is 0 Å². The average molecular weight is 413 g/mol. The van der Waals surface area contributed by atoms with Crippen molar-refractivity contribution in [1.29, 1.82) is 0 Å². The molecule has 3 atom stereocenters. The van der Waals surface area contributed by atoms with Gasteiger partial charge in [0.05, 0.1) is 7.11 Å². The van der Waals surface area contributed by atoms with E-state index in [0.29, 0.717) is 0 Å². The molecule has 1 aromatic heterocycles. The Morgan fingerprint density at radius 3 is 2.07 bits per heavy atom. The van der Waals surface area contributed by atoms with Crippen LogP contribution in [-0.4, -0.2) is 55.7 Å². The van der Waals surface area contributed by atoms with Crippen LogP contribution >= 0.6 is 0 Å². The number of hydrogen-bond acceptors (Lipinski definition) is 10. The summed E-state index contributed by atoms with van der Waals surface area (Å²) < 4.78 is 25.3. The molecule has 0 aliphatic heterocycles. The summed E-state index contributed by atoms with van der Waals surface area (Å²) in [5, 5.41) is 2.52. The maximum Gasteiger partial charge on any atom is 0.373 e. The van der Waals surface area contributed by atoms with Crippen molar-refractivity contribution >= 4 is 29.8 Å². The van der Waals surface area contributed by atoms with E-state index >= 15 is 0 Å². The second kappa shape index (κ2) is 10.8. The molecule has 29 heavy (non-hydrogen) atoms. The third kappa shape index (κ3) is 7.64. The highest BCUT2D eigenvalue weighted by Gasteiger charge is 2.39. The van der Waals surface area contributed by atoms with Crippen LogP contribution in [0.3, 0.4) is 0 Å². The van der Waals surface area contributed by atoms with Crippen molar-refractivity contribution in [3.05, 3.63) is 23.7 Å². The average Bonchev–Trinajstić information content (AvgIpc) is 3.10. The van der Waals surface area contributed by atoms with E-state index in [2.05, 4.69) is 10.1 Å². The molecule has 0 aliphatic carbocycles. The first kappa shape index (κ1) is 23.7. The Morgan fingerprint density at radius 1 is 0.966 bits per heavy atom. The second-order valence-electron chi connectivity index (χ2n) is 5.90. The van der Waals surface area contributed by atoms with Crippen LogP contribution in [0.4, 0.5) is 0 Å². The lowest BCUT2D eigenvalue weighted by Gasteiger charge is -2.31. The van der Waals surface area contributed by atoms with Gasteiger partial charge in [-0.15, -0.1) is 0 Å². The smallest absolute Gasteiger partial charge is 0.373 e. The predicted molar refractivity (Wildman–Crippen MR) is 94.3 cm³/mol. The molecule has 1 rings (SSSR count). The molecule has 0 unspecified atom stereocenters. The standard InChI is InChI=1S/C18H23NO10/c1-9(20)19-16(13-6-7-14(29-13)18(24)25-5)17(28-12(4)23)15(27-11(3)22)8-26-10(2)21/h6-7,15-17H,8H2,1-5H3,(H,19,20)/t15-,16+,17-/m1/s1. The van der Waals surface area contributed by atoms with Crippen LogP contribution in [0.2, 0.25) is 0 Å². The minimum absolute atomic E-state index is 0.0202. The molecular formula is C18H23NO10. The fraction of sp³-hybridized carbons (Fsp3) is 0.500. The summed E-state index contributed by atoms with van der Waals surface area (Å²) in [6.45, 7) is 4.12. The maximum atomic E-state index is 11.7. The van der Waals surface area contributed by atoms with Crippen LogP contribution < -0.4 is 5.32 Å². The molecule has 0 saturated carbocycles. The zero-order valence-corrected chi connectivity index (χ0v) is 16.7. The molecule has 11 nitrogen and oxygen atoms in total. The predicted octanol–water partition coefficient (Wildman–Crippen LogP) is 0.670. The highest BCUT2D eigenvalue weighted by Crippen LogP contribution is 2.26. The maximum absolute atomic E-state index is 11.7. The molecule has 0 fully saturated rings. The van der Waals surface area contributed by atoms with Crippen LogP contribution in [0.5, 0.6) is 0 Å². The van der Waals surface area contributed by atoms with Gasteiger partial charge >= 0.3 is 23.9 Å². The zero-order valence-electron chi connectivity index (χ0n) is 16.7. The van der Waals surface area contributed by atoms with Crippen molar-refractivity contribution in [1.82, 2.24) is 5.32 Å². The van der Waals surface area contributed by atoms with Crippen molar-refractivity contribution in [3.63, 3.8) is 0 Å². The van der Waals surface area contributed by atoms with Crippen molar-refractivity contribution in [2.24, 2.45) is 0 Å². The fourth-order valence-electron chi connectivity index (χ4n) is 2.42. The van der Waals surface area contributed by atoms with Gasteiger partial charge in [-0.05, 0) is 12.1 Å². The van der Waals surface area contributed by atoms with Crippen molar-refractivity contribution in [2.45, 2.75) is 45.9 Å². The van der Waals surface area contributed by atoms with Gasteiger partial charge in [-0.25, -0.2) is 4.79 Å². The van der Waals surface area contributed by atoms with Gasteiger partial charge in [0.15, 0.2) is 12.2 Å². The number of rotatable bonds is 9. The van der Waals surface area contributed by atoms with Gasteiger partial charge in [-0.2, -0.15) is 0 Å². The summed E-state index contributed by atoms with van der Waals surface area (Å²) in [6.07, 6.45) is -2.61. The lowest BCUT2D eigenvalue weighted by molar-refractivity contribution is -0.176. The van der Waals surface area contributed by atoms with E-state index in [1.807, 2.05) is 0 Å². The van der Waals surface area contributed by atoms with E-state index in [0.717, 1.165) is 27.9 Å². The van der Waals surface area contributed by atoms with Gasteiger partial charge in [0, 0.05) is 27.7 Å². The third-order valence-electron chi connectivity index (χ3n) is 3.44. The van der Waals surface area contributed by atoms with E-state index in [-0.39, 0.29) is 11.5 Å². The Bertz CT molecular complexity index is 768. The topological polar surface area (TPSA) is 147 Å². The Labute approximate surface area is 166 Å². The summed E-state index contributed by atoms with van der Waals surface area (Å²) in [5.74, 6) is -3.60. The van der Waals surface area contributed by atoms with E-state index < -0.39 is 54.6 Å². The largest absolute Gasteiger partial charge is 0.463 e. The van der Waals surface area contributed by atoms with E-state index in [4.69, 9.17) is 18.6 Å². The number of ether oxygens (including phenoxy) is 4. The van der Waals surface area contributed by atoms with Crippen LogP contribution in [0.25, 0.3) is 0 Å². The number of carbonyl (C=O) groups excluding carboxylic acids is 5. The normalized spacial score (nSPS) is 13.4. The van der Waals surface area contributed by atoms with Crippen molar-refractivity contribution in [2.75, 3.05) is 13.7 Å². The van der Waals surface area contributed by atoms with Crippen LogP contribution in [-0.2, 0) is 38.1 Å². The number of methoxy groups -OCH3 is 1. The first-order chi connectivity index (χ1) is 13.5. The lowest BCUT2D eigenvalue weighted by Crippen LogP contribution is -2.47. The van der Waals surface area contributed by atoms with E-state index in [1.165, 1.54) is 19.1 Å². The summed E-state index contributed by atoms with van der Waals surface area (Å²) in [6, 6.07) is 1.49. The molecule has 1 N–H and O–H groups in total. The molecule has 11 heteroatoms. The lowest BCUT2D eigenvalue weighted by atomic mass is 10.0. The molecular weight excluding hydrogens is 390 g/mol. The fourth-order valence-corrected chi connectivity index (χ4v) is 2.42. The number of carbonyl (C=O) groups is 5. The summed E-state index contributed by atoms with van der Waals surface area (Å²) in [5.41, 5.74) is 0. The van der Waals surface area contributed by atoms with E-state index in [9.17, 15) is 24.0 Å². The van der Waals surface area contributed by atoms with Gasteiger partial charge in [0.1, 0.15) is 18.4 Å². The number of nitrogens with one attached hydrogen (secondary N) is 1. The second-order valence-corrected chi connectivity index (χ2v) is 5.90. The number of esters is 4. The van der Waals surface area contributed by atoms with Gasteiger partial charge in [-0.1, -0.05) is 0 Å². The van der Waals surface area contributed by atoms with E-state index in [1.54, 1.807) is 0 Å². The highest BCUT2D eigenvalue weighted by molar-refractivity contribution is 5.86. The first-order valence-electron chi connectivity index (χ1n) is 8.48. The minimum atomic E-state index is -1.34. The molecule has 0 radical (unpaired) electrons. The van der Waals surface area contributed by atoms with Gasteiger partial charge in [0.25, 0.3) is 0 Å². The van der Waals surface area contributed by atoms with Gasteiger partial charge < -0.3 is 28.7 Å². The Kier molecular flexibility index (Phi) is 8.84. The molecule has 0 aromatic carbocycles. The first-order valence-corrected chi connectivity index (χ1v) is 8.48. The Balaban J connectivity index is 3.38. The summed E-state index contributed by atoms with van der Waals surface area (Å²) in [4.78, 5) is 57.8. The quantitative estimate of drug-likeness (QED) is 0.452.